The van der Waals surface area contributed by atoms with Gasteiger partial charge in [0.25, 0.3) is 0 Å². The number of halogens is 1. The molecular formula is C34H37FN2O4S. The van der Waals surface area contributed by atoms with Gasteiger partial charge in [0.2, 0.25) is 0 Å². The third kappa shape index (κ3) is 4.97. The van der Waals surface area contributed by atoms with Crippen molar-refractivity contribution in [3.05, 3.63) is 72.0 Å². The summed E-state index contributed by atoms with van der Waals surface area (Å²) in [6.07, 6.45) is 6.51. The molecule has 8 rings (SSSR count). The van der Waals surface area contributed by atoms with Crippen LogP contribution >= 0.6 is 0 Å². The van der Waals surface area contributed by atoms with Gasteiger partial charge in [-0.2, -0.15) is 0 Å². The van der Waals surface area contributed by atoms with Crippen LogP contribution in [0.2, 0.25) is 0 Å². The number of hydrogen-bond donors (Lipinski definition) is 2. The van der Waals surface area contributed by atoms with E-state index in [-0.39, 0.29) is 11.6 Å². The molecule has 4 saturated carbocycles. The maximum absolute atomic E-state index is 14.5. The molecule has 6 nitrogen and oxygen atoms in total. The van der Waals surface area contributed by atoms with E-state index < -0.39 is 28.2 Å². The zero-order chi connectivity index (χ0) is 29.2. The van der Waals surface area contributed by atoms with Gasteiger partial charge in [-0.1, -0.05) is 0 Å². The van der Waals surface area contributed by atoms with Gasteiger partial charge in [-0.05, 0) is 0 Å². The second kappa shape index (κ2) is 10.6. The molecule has 4 aliphatic carbocycles. The van der Waals surface area contributed by atoms with Crippen LogP contribution in [0.3, 0.4) is 0 Å². The number of aromatic carboxylic acids is 1. The van der Waals surface area contributed by atoms with E-state index in [9.17, 15) is 18.3 Å². The Hall–Kier alpha value is -3.07. The van der Waals surface area contributed by atoms with Crippen molar-refractivity contribution in [1.29, 1.82) is 0 Å². The zero-order valence-corrected chi connectivity index (χ0v) is 24.8. The Bertz CT molecular complexity index is 1600. The minimum atomic E-state index is -1.53. The SMILES string of the molecule is CC(C)C[C@@H]1CN(c2ccccc2)c2cc(OC34CC5CC(C3)C(C5)C4)c(-c3ccc(F)c(C(=O)O)c3)cc2[S-](#[O+])N1. The molecule has 0 spiro atoms. The molecule has 0 amide bonds. The van der Waals surface area contributed by atoms with Gasteiger partial charge in [0, 0.05) is 0 Å². The molecule has 3 aromatic carbocycles. The number of benzene rings is 3. The second-order valence-corrected chi connectivity index (χ2v) is 14.4. The molecule has 4 bridgehead atoms. The van der Waals surface area contributed by atoms with Gasteiger partial charge in [0.15, 0.2) is 0 Å². The number of carboxylic acids is 1. The molecule has 3 atom stereocenters. The van der Waals surface area contributed by atoms with Crippen LogP contribution in [-0.2, 0) is 14.9 Å². The molecule has 4 fully saturated rings. The molecular weight excluding hydrogens is 551 g/mol. The number of para-hydroxylation sites is 1. The molecule has 1 aliphatic heterocycles. The average molecular weight is 589 g/mol. The summed E-state index contributed by atoms with van der Waals surface area (Å²) in [5, 5.41) is 9.68. The molecule has 1 heterocycles. The van der Waals surface area contributed by atoms with Gasteiger partial charge in [0.05, 0.1) is 0 Å². The number of nitrogens with zero attached hydrogens (tertiary/aromatic N) is 1. The number of hydrogen-bond acceptors (Lipinski definition) is 5. The van der Waals surface area contributed by atoms with Gasteiger partial charge in [-0.15, -0.1) is 0 Å². The molecule has 220 valence electrons. The van der Waals surface area contributed by atoms with Crippen LogP contribution in [-0.4, -0.2) is 29.3 Å². The van der Waals surface area contributed by atoms with Gasteiger partial charge >= 0.3 is 249 Å². The molecule has 2 N–H and O–H groups in total. The van der Waals surface area contributed by atoms with Gasteiger partial charge in [-0.3, -0.25) is 0 Å². The van der Waals surface area contributed by atoms with Gasteiger partial charge in [-0.25, -0.2) is 0 Å². The third-order valence-corrected chi connectivity index (χ3v) is 11.0. The fraction of sp³-hybridized carbons (Fsp3) is 0.441. The summed E-state index contributed by atoms with van der Waals surface area (Å²) in [5.41, 5.74) is 2.33. The minimum absolute atomic E-state index is 0.0182. The molecule has 3 aromatic rings. The molecule has 0 saturated heterocycles. The summed E-state index contributed by atoms with van der Waals surface area (Å²) < 4.78 is 38.9. The summed E-state index contributed by atoms with van der Waals surface area (Å²) in [5.74, 6) is 1.02. The summed E-state index contributed by atoms with van der Waals surface area (Å²) in [7, 11) is -1.53. The van der Waals surface area contributed by atoms with Crippen LogP contribution in [0.25, 0.3) is 11.1 Å². The van der Waals surface area contributed by atoms with Crippen molar-refractivity contribution >= 4 is 28.2 Å². The number of carboxylic acid groups (broad SMARTS) is 1. The van der Waals surface area contributed by atoms with Crippen molar-refractivity contribution in [3.8, 4) is 16.9 Å². The Balaban J connectivity index is 1.40. The van der Waals surface area contributed by atoms with E-state index in [1.807, 2.05) is 30.3 Å². The van der Waals surface area contributed by atoms with Crippen molar-refractivity contribution in [2.45, 2.75) is 68.9 Å². The standard InChI is InChI=1S/C34H37FN2O4S/c1-20(2)10-25-19-37(26-6-4-3-5-7-26)30-15-31(41-34-16-21-11-23(17-34)24(12-21)18-34)27(14-32(30)42(40)36-25)22-8-9-29(35)28(13-22)33(38)39/h3-9,13-15,20-21,23-25,36H,10-12,16-19H2,1-2H3,(H,38,39)/t21?,23?,24?,25-,34?/m1/s1. The Morgan fingerprint density at radius 3 is 2.52 bits per heavy atom. The summed E-state index contributed by atoms with van der Waals surface area (Å²) >= 11 is 0. The van der Waals surface area contributed by atoms with Gasteiger partial charge in [0.1, 0.15) is 0 Å². The third-order valence-electron chi connectivity index (χ3n) is 9.75. The molecule has 2 unspecified atom stereocenters. The Morgan fingerprint density at radius 1 is 1.12 bits per heavy atom. The predicted molar refractivity (Wildman–Crippen MR) is 162 cm³/mol. The quantitative estimate of drug-likeness (QED) is 0.220. The first-order valence-corrected chi connectivity index (χ1v) is 16.2. The number of nitrogens with one attached hydrogen (secondary N) is 1. The van der Waals surface area contributed by atoms with E-state index in [2.05, 4.69) is 35.6 Å². The number of rotatable bonds is 7. The molecule has 0 aromatic heterocycles. The summed E-state index contributed by atoms with van der Waals surface area (Å²) in [6.45, 7) is 4.96. The summed E-state index contributed by atoms with van der Waals surface area (Å²) in [4.78, 5) is 14.7. The number of ether oxygens (including phenoxy) is 1. The summed E-state index contributed by atoms with van der Waals surface area (Å²) in [6, 6.07) is 18.1. The first kappa shape index (κ1) is 27.7. The number of carbonyl (C=O) groups is 1. The van der Waals surface area contributed by atoms with E-state index in [0.29, 0.717) is 52.0 Å². The Labute approximate surface area is 248 Å². The van der Waals surface area contributed by atoms with Crippen molar-refractivity contribution in [2.24, 2.45) is 23.7 Å². The van der Waals surface area contributed by atoms with Gasteiger partial charge < -0.3 is 0 Å². The average Bonchev–Trinajstić information content (AvgIpc) is 3.31. The topological polar surface area (TPSA) is 81.7 Å². The monoisotopic (exact) mass is 588 g/mol. The molecule has 0 radical (unpaired) electrons. The Kier molecular flexibility index (Phi) is 6.99. The van der Waals surface area contributed by atoms with Crippen LogP contribution in [0.1, 0.15) is 62.7 Å². The van der Waals surface area contributed by atoms with Crippen molar-refractivity contribution in [3.63, 3.8) is 0 Å². The maximum atomic E-state index is 14.5. The molecule has 5 aliphatic rings. The molecule has 42 heavy (non-hydrogen) atoms. The van der Waals surface area contributed by atoms with Crippen LogP contribution in [0, 0.1) is 29.5 Å². The van der Waals surface area contributed by atoms with Crippen LogP contribution in [0.4, 0.5) is 15.8 Å². The normalized spacial score (nSPS) is 28.2. The van der Waals surface area contributed by atoms with Crippen LogP contribution in [0.5, 0.6) is 5.75 Å². The van der Waals surface area contributed by atoms with Crippen molar-refractivity contribution in [2.75, 3.05) is 11.4 Å². The van der Waals surface area contributed by atoms with E-state index in [1.165, 1.54) is 25.0 Å². The predicted octanol–water partition coefficient (Wildman–Crippen LogP) is 7.54. The van der Waals surface area contributed by atoms with Crippen LogP contribution in [0.15, 0.2) is 65.6 Å². The van der Waals surface area contributed by atoms with E-state index >= 15 is 0 Å². The van der Waals surface area contributed by atoms with E-state index in [1.54, 1.807) is 6.07 Å². The second-order valence-electron chi connectivity index (χ2n) is 13.2. The van der Waals surface area contributed by atoms with Crippen molar-refractivity contribution < 1.29 is 23.1 Å². The number of fused-ring (bicyclic) bond motifs is 1. The first-order valence-electron chi connectivity index (χ1n) is 15.1. The fourth-order valence-electron chi connectivity index (χ4n) is 8.28. The first-order chi connectivity index (χ1) is 20.2. The fourth-order valence-corrected chi connectivity index (χ4v) is 9.47. The van der Waals surface area contributed by atoms with Crippen LogP contribution < -0.4 is 14.4 Å². The molecule has 8 heteroatoms. The van der Waals surface area contributed by atoms with E-state index in [4.69, 9.17) is 4.74 Å². The zero-order valence-electron chi connectivity index (χ0n) is 24.0. The number of anilines is 2. The van der Waals surface area contributed by atoms with E-state index in [0.717, 1.165) is 37.1 Å². The van der Waals surface area contributed by atoms with Crippen molar-refractivity contribution in [1.82, 2.24) is 4.72 Å². The Morgan fingerprint density at radius 2 is 1.86 bits per heavy atom.